The Morgan fingerprint density at radius 3 is 2.00 bits per heavy atom. The van der Waals surface area contributed by atoms with Crippen LogP contribution in [0.3, 0.4) is 0 Å². The van der Waals surface area contributed by atoms with Gasteiger partial charge in [-0.3, -0.25) is 0 Å². The van der Waals surface area contributed by atoms with Gasteiger partial charge in [0.15, 0.2) is 0 Å². The minimum Gasteiger partial charge on any atom is -0.115 e. The summed E-state index contributed by atoms with van der Waals surface area (Å²) in [4.78, 5) is 1.42. The van der Waals surface area contributed by atoms with Gasteiger partial charge in [-0.15, -0.1) is 11.8 Å². The van der Waals surface area contributed by atoms with Gasteiger partial charge in [0.1, 0.15) is 0 Å². The van der Waals surface area contributed by atoms with Gasteiger partial charge in [-0.25, -0.2) is 0 Å². The van der Waals surface area contributed by atoms with E-state index in [2.05, 4.69) is 54.6 Å². The molecule has 1 aromatic carbocycles. The lowest BCUT2D eigenvalue weighted by Gasteiger charge is -2.05. The third-order valence-corrected chi connectivity index (χ3v) is 3.68. The molecule has 0 saturated heterocycles. The summed E-state index contributed by atoms with van der Waals surface area (Å²) in [6, 6.07) is 6.93. The van der Waals surface area contributed by atoms with E-state index in [0.29, 0.717) is 0 Å². The largest absolute Gasteiger partial charge is 0.115 e. The van der Waals surface area contributed by atoms with Crippen LogP contribution >= 0.6 is 34.4 Å². The maximum absolute atomic E-state index is 2.40. The molecule has 13 heavy (non-hydrogen) atoms. The monoisotopic (exact) mass is 306 g/mol. The predicted molar refractivity (Wildman–Crippen MR) is 69.9 cm³/mol. The molecule has 0 N–H and O–H groups in total. The molecule has 0 aliphatic rings. The van der Waals surface area contributed by atoms with Gasteiger partial charge >= 0.3 is 0 Å². The van der Waals surface area contributed by atoms with Crippen molar-refractivity contribution in [2.24, 2.45) is 0 Å². The molecule has 1 aromatic rings. The van der Waals surface area contributed by atoms with Crippen LogP contribution in [0.4, 0.5) is 0 Å². The molecule has 0 amide bonds. The normalized spacial score (nSPS) is 10.4. The van der Waals surface area contributed by atoms with E-state index in [4.69, 9.17) is 0 Å². The zero-order chi connectivity index (χ0) is 9.68. The molecule has 0 radical (unpaired) electrons. The SMILES string of the molecule is CCc1cc(CC)cc(SCI)c1. The zero-order valence-corrected chi connectivity index (χ0v) is 11.1. The van der Waals surface area contributed by atoms with E-state index in [1.165, 1.54) is 16.0 Å². The van der Waals surface area contributed by atoms with Gasteiger partial charge in [0.25, 0.3) is 0 Å². The molecule has 0 spiro atoms. The van der Waals surface area contributed by atoms with Crippen LogP contribution in [-0.2, 0) is 12.8 Å². The van der Waals surface area contributed by atoms with Crippen molar-refractivity contribution in [2.75, 3.05) is 3.76 Å². The fourth-order valence-electron chi connectivity index (χ4n) is 1.28. The van der Waals surface area contributed by atoms with Crippen molar-refractivity contribution in [2.45, 2.75) is 31.6 Å². The lowest BCUT2D eigenvalue weighted by atomic mass is 10.1. The van der Waals surface area contributed by atoms with Crippen LogP contribution in [-0.4, -0.2) is 3.76 Å². The molecule has 0 fully saturated rings. The molecule has 0 nitrogen and oxygen atoms in total. The Kier molecular flexibility index (Phi) is 5.17. The highest BCUT2D eigenvalue weighted by molar-refractivity contribution is 14.1. The smallest absolute Gasteiger partial charge is 0.0501 e. The van der Waals surface area contributed by atoms with E-state index in [-0.39, 0.29) is 0 Å². The number of rotatable bonds is 4. The molecule has 0 aliphatic carbocycles. The van der Waals surface area contributed by atoms with Crippen molar-refractivity contribution in [3.8, 4) is 0 Å². The molecule has 72 valence electrons. The maximum atomic E-state index is 2.40. The summed E-state index contributed by atoms with van der Waals surface area (Å²) < 4.78 is 1.13. The minimum atomic E-state index is 1.13. The molecule has 0 bridgehead atoms. The van der Waals surface area contributed by atoms with Crippen molar-refractivity contribution >= 4 is 34.4 Å². The van der Waals surface area contributed by atoms with Crippen LogP contribution in [0, 0.1) is 0 Å². The molecular formula is C11H15IS. The number of hydrogen-bond donors (Lipinski definition) is 0. The first kappa shape index (κ1) is 11.4. The highest BCUT2D eigenvalue weighted by atomic mass is 127. The Bertz CT molecular complexity index is 249. The van der Waals surface area contributed by atoms with Crippen molar-refractivity contribution in [3.63, 3.8) is 0 Å². The van der Waals surface area contributed by atoms with Crippen molar-refractivity contribution < 1.29 is 0 Å². The van der Waals surface area contributed by atoms with E-state index in [1.54, 1.807) is 0 Å². The summed E-state index contributed by atoms with van der Waals surface area (Å²) in [5, 5.41) is 0. The molecule has 0 aliphatic heterocycles. The first-order chi connectivity index (χ1) is 6.30. The van der Waals surface area contributed by atoms with Crippen molar-refractivity contribution in [1.82, 2.24) is 0 Å². The van der Waals surface area contributed by atoms with Crippen LogP contribution in [0.25, 0.3) is 0 Å². The molecule has 0 saturated carbocycles. The Hall–Kier alpha value is 0.300. The topological polar surface area (TPSA) is 0 Å². The second-order valence-corrected chi connectivity index (χ2v) is 5.79. The molecule has 1 rings (SSSR count). The predicted octanol–water partition coefficient (Wildman–Crippen LogP) is 4.30. The third-order valence-electron chi connectivity index (χ3n) is 2.06. The number of halogens is 1. The molecule has 0 heterocycles. The summed E-state index contributed by atoms with van der Waals surface area (Å²) >= 11 is 4.32. The minimum absolute atomic E-state index is 1.13. The van der Waals surface area contributed by atoms with Crippen LogP contribution < -0.4 is 0 Å². The van der Waals surface area contributed by atoms with E-state index < -0.39 is 0 Å². The Labute approximate surface area is 98.6 Å². The first-order valence-electron chi connectivity index (χ1n) is 4.61. The maximum Gasteiger partial charge on any atom is 0.0501 e. The highest BCUT2D eigenvalue weighted by Gasteiger charge is 1.98. The van der Waals surface area contributed by atoms with Gasteiger partial charge in [-0.05, 0) is 36.1 Å². The van der Waals surface area contributed by atoms with Gasteiger partial charge in [0.05, 0.1) is 3.76 Å². The van der Waals surface area contributed by atoms with Crippen LogP contribution in [0.5, 0.6) is 0 Å². The fraction of sp³-hybridized carbons (Fsp3) is 0.455. The molecule has 0 atom stereocenters. The van der Waals surface area contributed by atoms with Gasteiger partial charge in [-0.1, -0.05) is 42.5 Å². The fourth-order valence-corrected chi connectivity index (χ4v) is 2.96. The Balaban J connectivity index is 2.93. The summed E-state index contributed by atoms with van der Waals surface area (Å²) in [6.45, 7) is 4.43. The Morgan fingerprint density at radius 2 is 1.62 bits per heavy atom. The summed E-state index contributed by atoms with van der Waals surface area (Å²) in [5.74, 6) is 0. The van der Waals surface area contributed by atoms with Crippen molar-refractivity contribution in [1.29, 1.82) is 0 Å². The van der Waals surface area contributed by atoms with Crippen LogP contribution in [0.15, 0.2) is 23.1 Å². The average molecular weight is 306 g/mol. The van der Waals surface area contributed by atoms with E-state index in [1.807, 2.05) is 11.8 Å². The quantitative estimate of drug-likeness (QED) is 0.454. The van der Waals surface area contributed by atoms with Gasteiger partial charge in [0.2, 0.25) is 0 Å². The van der Waals surface area contributed by atoms with Crippen LogP contribution in [0.1, 0.15) is 25.0 Å². The van der Waals surface area contributed by atoms with E-state index >= 15 is 0 Å². The lowest BCUT2D eigenvalue weighted by molar-refractivity contribution is 1.06. The molecular weight excluding hydrogens is 291 g/mol. The number of thioether (sulfide) groups is 1. The van der Waals surface area contributed by atoms with Gasteiger partial charge in [-0.2, -0.15) is 0 Å². The first-order valence-corrected chi connectivity index (χ1v) is 7.12. The highest BCUT2D eigenvalue weighted by Crippen LogP contribution is 2.23. The summed E-state index contributed by atoms with van der Waals surface area (Å²) in [6.07, 6.45) is 2.28. The number of benzene rings is 1. The van der Waals surface area contributed by atoms with Gasteiger partial charge in [0, 0.05) is 4.90 Å². The second-order valence-electron chi connectivity index (χ2n) is 2.95. The molecule has 2 heteroatoms. The molecule has 0 aromatic heterocycles. The molecule has 0 unspecified atom stereocenters. The standard InChI is InChI=1S/C11H15IS/c1-3-9-5-10(4-2)7-11(6-9)13-8-12/h5-7H,3-4,8H2,1-2H3. The number of hydrogen-bond acceptors (Lipinski definition) is 1. The van der Waals surface area contributed by atoms with Crippen LogP contribution in [0.2, 0.25) is 0 Å². The lowest BCUT2D eigenvalue weighted by Crippen LogP contribution is -1.87. The van der Waals surface area contributed by atoms with E-state index in [0.717, 1.165) is 16.6 Å². The van der Waals surface area contributed by atoms with Crippen molar-refractivity contribution in [3.05, 3.63) is 29.3 Å². The summed E-state index contributed by atoms with van der Waals surface area (Å²) in [5.41, 5.74) is 2.93. The summed E-state index contributed by atoms with van der Waals surface area (Å²) in [7, 11) is 0. The second kappa shape index (κ2) is 5.91. The number of alkyl halides is 1. The zero-order valence-electron chi connectivity index (χ0n) is 8.14. The number of aryl methyl sites for hydroxylation is 2. The third kappa shape index (κ3) is 3.50. The van der Waals surface area contributed by atoms with E-state index in [9.17, 15) is 0 Å². The van der Waals surface area contributed by atoms with Gasteiger partial charge < -0.3 is 0 Å². The Morgan fingerprint density at radius 1 is 1.08 bits per heavy atom. The average Bonchev–Trinajstić information content (AvgIpc) is 2.17.